The lowest BCUT2D eigenvalue weighted by Gasteiger charge is -2.31. The number of carbonyl (C=O) groups excluding carboxylic acids is 2. The molecule has 0 aromatic heterocycles. The van der Waals surface area contributed by atoms with E-state index in [9.17, 15) is 14.4 Å². The van der Waals surface area contributed by atoms with Gasteiger partial charge in [-0.3, -0.25) is 4.79 Å². The van der Waals surface area contributed by atoms with Crippen LogP contribution in [-0.2, 0) is 14.3 Å². The lowest BCUT2D eigenvalue weighted by Crippen LogP contribution is -2.44. The van der Waals surface area contributed by atoms with Crippen molar-refractivity contribution in [1.29, 1.82) is 0 Å². The number of amides is 2. The first-order valence-corrected chi connectivity index (χ1v) is 12.2. The quantitative estimate of drug-likeness (QED) is 0.482. The van der Waals surface area contributed by atoms with E-state index in [0.717, 1.165) is 25.7 Å². The number of carbonyl (C=O) groups is 3. The van der Waals surface area contributed by atoms with Crippen LogP contribution in [0.3, 0.4) is 0 Å². The maximum Gasteiger partial charge on any atom is 0.407 e. The van der Waals surface area contributed by atoms with Gasteiger partial charge in [-0.15, -0.1) is 0 Å². The highest BCUT2D eigenvalue weighted by atomic mass is 16.5. The molecule has 0 bridgehead atoms. The van der Waals surface area contributed by atoms with E-state index in [1.807, 2.05) is 24.3 Å². The average molecular weight is 477 g/mol. The monoisotopic (exact) mass is 476 g/mol. The third kappa shape index (κ3) is 5.91. The largest absolute Gasteiger partial charge is 0.478 e. The minimum atomic E-state index is -1.00. The molecule has 7 nitrogen and oxygen atoms in total. The first-order valence-electron chi connectivity index (χ1n) is 12.2. The molecule has 4 rings (SSSR count). The number of hydrogen-bond acceptors (Lipinski definition) is 4. The topological polar surface area (TPSA) is 105 Å². The van der Waals surface area contributed by atoms with E-state index in [4.69, 9.17) is 9.84 Å². The number of ether oxygens (including phenoxy) is 1. The molecule has 7 heteroatoms. The van der Waals surface area contributed by atoms with Gasteiger partial charge in [0.1, 0.15) is 6.61 Å². The molecule has 3 N–H and O–H groups in total. The van der Waals surface area contributed by atoms with Gasteiger partial charge in [-0.25, -0.2) is 9.59 Å². The lowest BCUT2D eigenvalue weighted by atomic mass is 9.82. The number of carboxylic acid groups (broad SMARTS) is 1. The molecule has 2 aromatic carbocycles. The van der Waals surface area contributed by atoms with Gasteiger partial charge in [0.15, 0.2) is 0 Å². The third-order valence-electron chi connectivity index (χ3n) is 7.05. The van der Waals surface area contributed by atoms with Crippen LogP contribution in [-0.4, -0.2) is 42.3 Å². The maximum absolute atomic E-state index is 12.7. The van der Waals surface area contributed by atoms with Gasteiger partial charge >= 0.3 is 12.1 Å². The van der Waals surface area contributed by atoms with Crippen molar-refractivity contribution in [2.45, 2.75) is 51.0 Å². The summed E-state index contributed by atoms with van der Waals surface area (Å²) in [7, 11) is 0. The van der Waals surface area contributed by atoms with Crippen LogP contribution in [0.25, 0.3) is 11.1 Å². The van der Waals surface area contributed by atoms with Crippen LogP contribution < -0.4 is 10.6 Å². The van der Waals surface area contributed by atoms with Crippen LogP contribution in [0, 0.1) is 5.92 Å². The molecular formula is C28H32N2O5. The predicted molar refractivity (Wildman–Crippen MR) is 133 cm³/mol. The molecule has 0 saturated heterocycles. The molecular weight excluding hydrogens is 444 g/mol. The zero-order valence-electron chi connectivity index (χ0n) is 20.0. The van der Waals surface area contributed by atoms with Gasteiger partial charge in [-0.2, -0.15) is 0 Å². The summed E-state index contributed by atoms with van der Waals surface area (Å²) < 4.78 is 5.70. The fourth-order valence-electron chi connectivity index (χ4n) is 5.15. The molecule has 2 amide bonds. The SMILES string of the molecule is C/C(=C\CNC(=O)CC1CCCCC1NC(=O)OCC1c2ccccc2-c2ccccc21)C(=O)O. The van der Waals surface area contributed by atoms with Crippen molar-refractivity contribution in [2.24, 2.45) is 5.92 Å². The Bertz CT molecular complexity index is 1080. The van der Waals surface area contributed by atoms with Crippen LogP contribution in [0.5, 0.6) is 0 Å². The number of aliphatic carboxylic acids is 1. The summed E-state index contributed by atoms with van der Waals surface area (Å²) in [6, 6.07) is 16.3. The molecule has 2 aliphatic rings. The average Bonchev–Trinajstić information content (AvgIpc) is 3.17. The molecule has 0 radical (unpaired) electrons. The van der Waals surface area contributed by atoms with Gasteiger partial charge in [0, 0.05) is 30.5 Å². The maximum atomic E-state index is 12.7. The zero-order valence-corrected chi connectivity index (χ0v) is 20.0. The Morgan fingerprint density at radius 3 is 2.29 bits per heavy atom. The van der Waals surface area contributed by atoms with Gasteiger partial charge in [-0.05, 0) is 47.9 Å². The normalized spacial score (nSPS) is 19.4. The number of nitrogens with one attached hydrogen (secondary N) is 2. The van der Waals surface area contributed by atoms with Crippen molar-refractivity contribution in [3.63, 3.8) is 0 Å². The van der Waals surface area contributed by atoms with Gasteiger partial charge in [0.05, 0.1) is 0 Å². The van der Waals surface area contributed by atoms with Crippen molar-refractivity contribution < 1.29 is 24.2 Å². The zero-order chi connectivity index (χ0) is 24.8. The smallest absolute Gasteiger partial charge is 0.407 e. The van der Waals surface area contributed by atoms with Crippen molar-refractivity contribution in [3.8, 4) is 11.1 Å². The first kappa shape index (κ1) is 24.5. The highest BCUT2D eigenvalue weighted by Crippen LogP contribution is 2.44. The summed E-state index contributed by atoms with van der Waals surface area (Å²) in [5.41, 5.74) is 4.90. The van der Waals surface area contributed by atoms with E-state index in [0.29, 0.717) is 0 Å². The summed E-state index contributed by atoms with van der Waals surface area (Å²) in [6.45, 7) is 1.92. The van der Waals surface area contributed by atoms with E-state index in [1.165, 1.54) is 35.3 Å². The van der Waals surface area contributed by atoms with Crippen molar-refractivity contribution in [2.75, 3.05) is 13.2 Å². The fourth-order valence-corrected chi connectivity index (χ4v) is 5.15. The highest BCUT2D eigenvalue weighted by molar-refractivity contribution is 5.86. The predicted octanol–water partition coefficient (Wildman–Crippen LogP) is 4.62. The Hall–Kier alpha value is -3.61. The molecule has 2 unspecified atom stereocenters. The highest BCUT2D eigenvalue weighted by Gasteiger charge is 2.31. The molecule has 184 valence electrons. The second-order valence-corrected chi connectivity index (χ2v) is 9.32. The van der Waals surface area contributed by atoms with Crippen LogP contribution in [0.15, 0.2) is 60.2 Å². The Labute approximate surface area is 205 Å². The summed E-state index contributed by atoms with van der Waals surface area (Å²) in [6.07, 6.45) is 4.98. The summed E-state index contributed by atoms with van der Waals surface area (Å²) in [5.74, 6) is -1.12. The number of benzene rings is 2. The summed E-state index contributed by atoms with van der Waals surface area (Å²) in [5, 5.41) is 14.7. The molecule has 1 saturated carbocycles. The molecule has 2 atom stereocenters. The molecule has 2 aliphatic carbocycles. The molecule has 2 aromatic rings. The van der Waals surface area contributed by atoms with E-state index in [-0.39, 0.29) is 48.9 Å². The molecule has 1 fully saturated rings. The fraction of sp³-hybridized carbons (Fsp3) is 0.393. The van der Waals surface area contributed by atoms with Crippen molar-refractivity contribution in [1.82, 2.24) is 10.6 Å². The van der Waals surface area contributed by atoms with E-state index in [2.05, 4.69) is 34.9 Å². The Morgan fingerprint density at radius 1 is 1.00 bits per heavy atom. The second-order valence-electron chi connectivity index (χ2n) is 9.32. The molecule has 35 heavy (non-hydrogen) atoms. The first-order chi connectivity index (χ1) is 16.9. The van der Waals surface area contributed by atoms with Crippen LogP contribution in [0.4, 0.5) is 4.79 Å². The standard InChI is InChI=1S/C28H32N2O5/c1-18(27(32)33)14-15-29-26(31)16-19-8-2-7-13-25(19)30-28(34)35-17-24-22-11-5-3-9-20(22)21-10-4-6-12-23(21)24/h3-6,9-12,14,19,24-25H,2,7-8,13,15-17H2,1H3,(H,29,31)(H,30,34)(H,32,33)/b18-14+. The van der Waals surface area contributed by atoms with Gasteiger partial charge < -0.3 is 20.5 Å². The second kappa shape index (κ2) is 11.2. The van der Waals surface area contributed by atoms with E-state index < -0.39 is 12.1 Å². The number of carboxylic acids is 1. The molecule has 0 heterocycles. The molecule has 0 aliphatic heterocycles. The third-order valence-corrected chi connectivity index (χ3v) is 7.05. The van der Waals surface area contributed by atoms with Crippen LogP contribution >= 0.6 is 0 Å². The number of hydrogen-bond donors (Lipinski definition) is 3. The summed E-state index contributed by atoms with van der Waals surface area (Å²) in [4.78, 5) is 36.0. The van der Waals surface area contributed by atoms with E-state index >= 15 is 0 Å². The Morgan fingerprint density at radius 2 is 1.63 bits per heavy atom. The Kier molecular flexibility index (Phi) is 7.85. The van der Waals surface area contributed by atoms with Gasteiger partial charge in [0.2, 0.25) is 5.91 Å². The lowest BCUT2D eigenvalue weighted by molar-refractivity contribution is -0.132. The minimum absolute atomic E-state index is 0.00314. The van der Waals surface area contributed by atoms with E-state index in [1.54, 1.807) is 0 Å². The van der Waals surface area contributed by atoms with Crippen molar-refractivity contribution in [3.05, 3.63) is 71.3 Å². The van der Waals surface area contributed by atoms with Crippen molar-refractivity contribution >= 4 is 18.0 Å². The van der Waals surface area contributed by atoms with Crippen LogP contribution in [0.1, 0.15) is 56.1 Å². The summed E-state index contributed by atoms with van der Waals surface area (Å²) >= 11 is 0. The van der Waals surface area contributed by atoms with Gasteiger partial charge in [-0.1, -0.05) is 67.4 Å². The van der Waals surface area contributed by atoms with Gasteiger partial charge in [0.25, 0.3) is 0 Å². The molecule has 0 spiro atoms. The number of alkyl carbamates (subject to hydrolysis) is 1. The Balaban J connectivity index is 1.31. The number of rotatable bonds is 8. The minimum Gasteiger partial charge on any atom is -0.478 e. The van der Waals surface area contributed by atoms with Crippen LogP contribution in [0.2, 0.25) is 0 Å². The number of fused-ring (bicyclic) bond motifs is 3.